The molecule has 6 nitrogen and oxygen atoms in total. The molecule has 0 bridgehead atoms. The van der Waals surface area contributed by atoms with Crippen LogP contribution in [-0.2, 0) is 16.5 Å². The van der Waals surface area contributed by atoms with Crippen LogP contribution in [-0.4, -0.2) is 15.5 Å². The minimum Gasteiger partial charge on any atom is -0.497 e. The molecule has 0 aliphatic rings. The Kier molecular flexibility index (Phi) is 4.73. The first-order chi connectivity index (χ1) is 12.3. The zero-order valence-corrected chi connectivity index (χ0v) is 15.4. The van der Waals surface area contributed by atoms with E-state index >= 15 is 0 Å². The predicted octanol–water partition coefficient (Wildman–Crippen LogP) is 3.44. The number of ether oxygens (including phenoxy) is 1. The van der Waals surface area contributed by atoms with Gasteiger partial charge >= 0.3 is 15.7 Å². The molecule has 1 aromatic heterocycles. The predicted molar refractivity (Wildman–Crippen MR) is 97.4 cm³/mol. The number of hydrogen-bond donors (Lipinski definition) is 0. The SMILES string of the molecule is CCc1cc2c(C)cc(=O)oc2cc1OS(=O)(=O)c1ccc(OC)cc1. The smallest absolute Gasteiger partial charge is 0.339 e. The van der Waals surface area contributed by atoms with Gasteiger partial charge in [0.25, 0.3) is 0 Å². The van der Waals surface area contributed by atoms with Crippen LogP contribution in [0.5, 0.6) is 11.5 Å². The fourth-order valence-corrected chi connectivity index (χ4v) is 3.61. The number of hydrogen-bond acceptors (Lipinski definition) is 6. The van der Waals surface area contributed by atoms with E-state index in [0.717, 1.165) is 10.9 Å². The Labute approximate surface area is 151 Å². The molecule has 3 rings (SSSR count). The van der Waals surface area contributed by atoms with E-state index in [-0.39, 0.29) is 16.2 Å². The summed E-state index contributed by atoms with van der Waals surface area (Å²) >= 11 is 0. The van der Waals surface area contributed by atoms with Gasteiger partial charge in [0.15, 0.2) is 0 Å². The fraction of sp³-hybridized carbons (Fsp3) is 0.211. The first-order valence-corrected chi connectivity index (χ1v) is 9.41. The van der Waals surface area contributed by atoms with Gasteiger partial charge in [0.2, 0.25) is 0 Å². The Morgan fingerprint density at radius 1 is 1.08 bits per heavy atom. The summed E-state index contributed by atoms with van der Waals surface area (Å²) in [7, 11) is -2.54. The van der Waals surface area contributed by atoms with E-state index in [1.165, 1.54) is 31.4 Å². The monoisotopic (exact) mass is 374 g/mol. The summed E-state index contributed by atoms with van der Waals surface area (Å²) in [6.07, 6.45) is 0.558. The van der Waals surface area contributed by atoms with Gasteiger partial charge in [0, 0.05) is 17.5 Å². The average molecular weight is 374 g/mol. The van der Waals surface area contributed by atoms with Crippen molar-refractivity contribution in [1.82, 2.24) is 0 Å². The second kappa shape index (κ2) is 6.84. The Morgan fingerprint density at radius 3 is 2.38 bits per heavy atom. The van der Waals surface area contributed by atoms with Crippen molar-refractivity contribution in [3.05, 3.63) is 64.0 Å². The van der Waals surface area contributed by atoms with Crippen LogP contribution in [0.1, 0.15) is 18.1 Å². The number of methoxy groups -OCH3 is 1. The minimum absolute atomic E-state index is 0.00569. The molecule has 0 saturated carbocycles. The third-order valence-corrected chi connectivity index (χ3v) is 5.31. The van der Waals surface area contributed by atoms with Gasteiger partial charge < -0.3 is 13.3 Å². The van der Waals surface area contributed by atoms with Crippen molar-refractivity contribution < 1.29 is 21.8 Å². The first-order valence-electron chi connectivity index (χ1n) is 8.00. The molecule has 0 spiro atoms. The highest BCUT2D eigenvalue weighted by atomic mass is 32.2. The van der Waals surface area contributed by atoms with Crippen molar-refractivity contribution in [3.63, 3.8) is 0 Å². The molecule has 0 aliphatic heterocycles. The largest absolute Gasteiger partial charge is 0.497 e. The summed E-state index contributed by atoms with van der Waals surface area (Å²) in [6.45, 7) is 3.69. The Hall–Kier alpha value is -2.80. The molecule has 0 atom stereocenters. The minimum atomic E-state index is -4.04. The first kappa shape index (κ1) is 18.0. The van der Waals surface area contributed by atoms with Crippen LogP contribution in [0.4, 0.5) is 0 Å². The van der Waals surface area contributed by atoms with Crippen molar-refractivity contribution in [1.29, 1.82) is 0 Å². The maximum Gasteiger partial charge on any atom is 0.339 e. The molecule has 0 aliphatic carbocycles. The molecule has 0 unspecified atom stereocenters. The lowest BCUT2D eigenvalue weighted by Crippen LogP contribution is -2.11. The van der Waals surface area contributed by atoms with Crippen LogP contribution in [0.3, 0.4) is 0 Å². The Balaban J connectivity index is 2.07. The molecular formula is C19H18O6S. The van der Waals surface area contributed by atoms with Crippen LogP contribution in [0, 0.1) is 6.92 Å². The number of benzene rings is 2. The van der Waals surface area contributed by atoms with Gasteiger partial charge in [-0.2, -0.15) is 8.42 Å². The molecule has 0 radical (unpaired) electrons. The standard InChI is InChI=1S/C19H18O6S/c1-4-13-10-16-12(2)9-19(20)24-18(16)11-17(13)25-26(21,22)15-7-5-14(23-3)6-8-15/h5-11H,4H2,1-3H3. The van der Waals surface area contributed by atoms with Gasteiger partial charge in [-0.05, 0) is 54.8 Å². The maximum absolute atomic E-state index is 12.6. The highest BCUT2D eigenvalue weighted by Gasteiger charge is 2.20. The second-order valence-electron chi connectivity index (χ2n) is 5.77. The number of rotatable bonds is 5. The van der Waals surface area contributed by atoms with E-state index in [9.17, 15) is 13.2 Å². The van der Waals surface area contributed by atoms with E-state index in [1.807, 2.05) is 6.92 Å². The summed E-state index contributed by atoms with van der Waals surface area (Å²) in [6, 6.07) is 10.5. The van der Waals surface area contributed by atoms with Gasteiger partial charge in [-0.3, -0.25) is 0 Å². The summed E-state index contributed by atoms with van der Waals surface area (Å²) < 4.78 is 40.7. The number of aryl methyl sites for hydroxylation is 2. The van der Waals surface area contributed by atoms with E-state index < -0.39 is 15.7 Å². The molecule has 1 heterocycles. The third-order valence-electron chi connectivity index (χ3n) is 4.06. The summed E-state index contributed by atoms with van der Waals surface area (Å²) in [5.74, 6) is 0.686. The van der Waals surface area contributed by atoms with Gasteiger partial charge in [-0.15, -0.1) is 0 Å². The normalized spacial score (nSPS) is 11.5. The van der Waals surface area contributed by atoms with Gasteiger partial charge in [-0.25, -0.2) is 4.79 Å². The molecule has 3 aromatic rings. The summed E-state index contributed by atoms with van der Waals surface area (Å²) in [5, 5.41) is 0.746. The topological polar surface area (TPSA) is 82.8 Å². The van der Waals surface area contributed by atoms with E-state index in [2.05, 4.69) is 0 Å². The van der Waals surface area contributed by atoms with E-state index in [4.69, 9.17) is 13.3 Å². The van der Waals surface area contributed by atoms with Crippen molar-refractivity contribution in [2.75, 3.05) is 7.11 Å². The van der Waals surface area contributed by atoms with Crippen LogP contribution in [0.15, 0.2) is 56.6 Å². The lowest BCUT2D eigenvalue weighted by Gasteiger charge is -2.12. The van der Waals surface area contributed by atoms with Crippen molar-refractivity contribution in [2.45, 2.75) is 25.2 Å². The van der Waals surface area contributed by atoms with E-state index in [0.29, 0.717) is 17.7 Å². The third kappa shape index (κ3) is 3.43. The van der Waals surface area contributed by atoms with Gasteiger partial charge in [0.1, 0.15) is 22.0 Å². The van der Waals surface area contributed by atoms with Crippen LogP contribution >= 0.6 is 0 Å². The van der Waals surface area contributed by atoms with Crippen molar-refractivity contribution in [3.8, 4) is 11.5 Å². The van der Waals surface area contributed by atoms with Gasteiger partial charge in [-0.1, -0.05) is 6.92 Å². The van der Waals surface area contributed by atoms with E-state index in [1.54, 1.807) is 25.1 Å². The molecule has 0 fully saturated rings. The molecule has 0 amide bonds. The summed E-state index contributed by atoms with van der Waals surface area (Å²) in [5.41, 5.74) is 1.25. The molecule has 0 saturated heterocycles. The quantitative estimate of drug-likeness (QED) is 0.502. The molecule has 0 N–H and O–H groups in total. The number of fused-ring (bicyclic) bond motifs is 1. The molecule has 136 valence electrons. The highest BCUT2D eigenvalue weighted by molar-refractivity contribution is 7.87. The molecule has 2 aromatic carbocycles. The fourth-order valence-electron chi connectivity index (χ4n) is 2.65. The Morgan fingerprint density at radius 2 is 1.77 bits per heavy atom. The van der Waals surface area contributed by atoms with Crippen molar-refractivity contribution >= 4 is 21.1 Å². The zero-order valence-electron chi connectivity index (χ0n) is 14.6. The van der Waals surface area contributed by atoms with Crippen LogP contribution < -0.4 is 14.5 Å². The second-order valence-corrected chi connectivity index (χ2v) is 7.32. The van der Waals surface area contributed by atoms with Crippen LogP contribution in [0.2, 0.25) is 0 Å². The summed E-state index contributed by atoms with van der Waals surface area (Å²) in [4.78, 5) is 11.6. The average Bonchev–Trinajstić information content (AvgIpc) is 2.61. The van der Waals surface area contributed by atoms with Crippen molar-refractivity contribution in [2.24, 2.45) is 0 Å². The zero-order chi connectivity index (χ0) is 18.9. The lowest BCUT2D eigenvalue weighted by molar-refractivity contribution is 0.414. The highest BCUT2D eigenvalue weighted by Crippen LogP contribution is 2.30. The van der Waals surface area contributed by atoms with Crippen LogP contribution in [0.25, 0.3) is 11.0 Å². The molecule has 26 heavy (non-hydrogen) atoms. The Bertz CT molecular complexity index is 1110. The molecule has 7 heteroatoms. The molecular weight excluding hydrogens is 356 g/mol. The van der Waals surface area contributed by atoms with Gasteiger partial charge in [0.05, 0.1) is 7.11 Å². The lowest BCUT2D eigenvalue weighted by atomic mass is 10.1. The maximum atomic E-state index is 12.6.